The molecule has 1 aliphatic rings. The van der Waals surface area contributed by atoms with E-state index < -0.39 is 0 Å². The van der Waals surface area contributed by atoms with Crippen LogP contribution in [0.4, 0.5) is 0 Å². The molecule has 1 atom stereocenters. The van der Waals surface area contributed by atoms with Crippen LogP contribution in [-0.4, -0.2) is 24.1 Å². The third-order valence-electron chi connectivity index (χ3n) is 13.8. The maximum atomic E-state index is 5.30. The molecule has 13 aromatic rings. The second kappa shape index (κ2) is 14.0. The monoisotopic (exact) mass is 829 g/mol. The molecule has 14 rings (SSSR count). The van der Waals surface area contributed by atoms with Crippen LogP contribution in [-0.2, 0) is 6.42 Å². The molecule has 65 heavy (non-hydrogen) atoms. The van der Waals surface area contributed by atoms with Crippen molar-refractivity contribution in [2.75, 3.05) is 0 Å². The lowest BCUT2D eigenvalue weighted by molar-refractivity contribution is 0.833. The van der Waals surface area contributed by atoms with Gasteiger partial charge in [-0.2, -0.15) is 0 Å². The lowest BCUT2D eigenvalue weighted by Crippen LogP contribution is -2.05. The Kier molecular flexibility index (Phi) is 7.74. The Balaban J connectivity index is 0.920. The summed E-state index contributed by atoms with van der Waals surface area (Å²) < 4.78 is 4.65. The highest BCUT2D eigenvalue weighted by atomic mass is 15.2. The van der Waals surface area contributed by atoms with Crippen LogP contribution in [0, 0.1) is 0 Å². The molecule has 0 saturated heterocycles. The predicted octanol–water partition coefficient (Wildman–Crippen LogP) is 15.1. The molecule has 0 bridgehead atoms. The smallest absolute Gasteiger partial charge is 0.235 e. The number of hydrogen-bond acceptors (Lipinski definition) is 2. The average Bonchev–Trinajstić information content (AvgIpc) is 4.03. The molecular formula is C60H39N5. The van der Waals surface area contributed by atoms with Crippen LogP contribution in [0.25, 0.3) is 116 Å². The first-order valence-electron chi connectivity index (χ1n) is 22.4. The standard InChI is InChI=1S/C60H39N5/c1-3-14-38(15-4-1)59-46-20-9-11-21-51(46)62-60(63-59)65-54-22-12-10-19-45(54)47-33-40(27-32-57(47)65)42-26-31-56-49(35-42)48-34-41(25-30-55(48)64(56)43-16-5-2-6-17-43)39-24-28-52-50(36-39)58-44-18-8-7-13-37(44)23-29-53(58)61-52/h1-35,39,61H,36H2. The van der Waals surface area contributed by atoms with E-state index in [9.17, 15) is 0 Å². The van der Waals surface area contributed by atoms with Crippen molar-refractivity contribution in [2.24, 2.45) is 0 Å². The van der Waals surface area contributed by atoms with E-state index in [1.54, 1.807) is 0 Å². The second-order valence-electron chi connectivity index (χ2n) is 17.4. The molecule has 304 valence electrons. The predicted molar refractivity (Wildman–Crippen MR) is 270 cm³/mol. The van der Waals surface area contributed by atoms with Gasteiger partial charge in [0.15, 0.2) is 0 Å². The summed E-state index contributed by atoms with van der Waals surface area (Å²) in [5, 5.41) is 9.80. The third-order valence-corrected chi connectivity index (χ3v) is 13.8. The Morgan fingerprint density at radius 2 is 1.09 bits per heavy atom. The van der Waals surface area contributed by atoms with Crippen LogP contribution < -0.4 is 0 Å². The van der Waals surface area contributed by atoms with E-state index in [4.69, 9.17) is 9.97 Å². The molecule has 0 aliphatic heterocycles. The van der Waals surface area contributed by atoms with E-state index in [1.165, 1.54) is 76.6 Å². The van der Waals surface area contributed by atoms with Crippen LogP contribution >= 0.6 is 0 Å². The van der Waals surface area contributed by atoms with E-state index in [0.29, 0.717) is 5.95 Å². The molecule has 4 heterocycles. The van der Waals surface area contributed by atoms with Crippen LogP contribution in [0.1, 0.15) is 22.7 Å². The summed E-state index contributed by atoms with van der Waals surface area (Å²) in [6.07, 6.45) is 5.63. The number of aromatic amines is 1. The SMILES string of the molecule is C1=CC(c2ccc3c(c2)c2cc(-c4ccc5c(c4)c4ccccc4n5-c4nc(-c5ccccc5)c5ccccc5n4)ccc2n3-c2ccccc2)Cc2c1[nH]c1ccc3ccccc3c21. The molecule has 1 N–H and O–H groups in total. The number of nitrogens with zero attached hydrogens (tertiary/aromatic N) is 4. The molecule has 1 unspecified atom stereocenters. The van der Waals surface area contributed by atoms with E-state index >= 15 is 0 Å². The summed E-state index contributed by atoms with van der Waals surface area (Å²) in [5.41, 5.74) is 16.1. The maximum absolute atomic E-state index is 5.30. The fourth-order valence-electron chi connectivity index (χ4n) is 10.8. The number of rotatable bonds is 5. The highest BCUT2D eigenvalue weighted by molar-refractivity contribution is 6.13. The van der Waals surface area contributed by atoms with Crippen molar-refractivity contribution >= 4 is 82.3 Å². The van der Waals surface area contributed by atoms with Crippen molar-refractivity contribution in [3.8, 4) is 34.0 Å². The Labute approximate surface area is 374 Å². The first-order valence-corrected chi connectivity index (χ1v) is 22.4. The Bertz CT molecular complexity index is 4090. The summed E-state index contributed by atoms with van der Waals surface area (Å²) in [7, 11) is 0. The summed E-state index contributed by atoms with van der Waals surface area (Å²) in [6.45, 7) is 0. The van der Waals surface area contributed by atoms with Crippen molar-refractivity contribution in [3.05, 3.63) is 223 Å². The number of nitrogens with one attached hydrogen (secondary N) is 1. The van der Waals surface area contributed by atoms with Crippen LogP contribution in [0.5, 0.6) is 0 Å². The lowest BCUT2D eigenvalue weighted by atomic mass is 9.85. The van der Waals surface area contributed by atoms with Crippen LogP contribution in [0.3, 0.4) is 0 Å². The highest BCUT2D eigenvalue weighted by Gasteiger charge is 2.24. The minimum atomic E-state index is 0.248. The van der Waals surface area contributed by atoms with Gasteiger partial charge in [-0.25, -0.2) is 9.97 Å². The summed E-state index contributed by atoms with van der Waals surface area (Å²) in [5.74, 6) is 0.910. The van der Waals surface area contributed by atoms with E-state index in [-0.39, 0.29) is 5.92 Å². The molecule has 1 aliphatic carbocycles. The van der Waals surface area contributed by atoms with Crippen LogP contribution in [0.15, 0.2) is 206 Å². The Morgan fingerprint density at radius 1 is 0.462 bits per heavy atom. The number of hydrogen-bond donors (Lipinski definition) is 1. The topological polar surface area (TPSA) is 51.4 Å². The van der Waals surface area contributed by atoms with E-state index in [0.717, 1.165) is 50.9 Å². The fraction of sp³-hybridized carbons (Fsp3) is 0.0333. The van der Waals surface area contributed by atoms with Crippen molar-refractivity contribution in [2.45, 2.75) is 12.3 Å². The van der Waals surface area contributed by atoms with Gasteiger partial charge in [-0.15, -0.1) is 0 Å². The molecular weight excluding hydrogens is 791 g/mol. The van der Waals surface area contributed by atoms with Gasteiger partial charge in [0.25, 0.3) is 0 Å². The van der Waals surface area contributed by atoms with Crippen molar-refractivity contribution in [1.82, 2.24) is 24.1 Å². The number of H-pyrrole nitrogens is 1. The number of allylic oxidation sites excluding steroid dienone is 1. The van der Waals surface area contributed by atoms with Gasteiger partial charge in [0, 0.05) is 60.7 Å². The molecule has 4 aromatic heterocycles. The van der Waals surface area contributed by atoms with Gasteiger partial charge in [-0.05, 0) is 112 Å². The van der Waals surface area contributed by atoms with Gasteiger partial charge < -0.3 is 9.55 Å². The summed E-state index contributed by atoms with van der Waals surface area (Å²) in [4.78, 5) is 14.2. The van der Waals surface area contributed by atoms with Gasteiger partial charge in [-0.1, -0.05) is 140 Å². The molecule has 5 nitrogen and oxygen atoms in total. The average molecular weight is 830 g/mol. The largest absolute Gasteiger partial charge is 0.355 e. The molecule has 0 spiro atoms. The minimum Gasteiger partial charge on any atom is -0.355 e. The Hall–Kier alpha value is -8.54. The van der Waals surface area contributed by atoms with Gasteiger partial charge >= 0.3 is 0 Å². The summed E-state index contributed by atoms with van der Waals surface area (Å²) >= 11 is 0. The summed E-state index contributed by atoms with van der Waals surface area (Å²) in [6, 6.07) is 72.3. The van der Waals surface area contributed by atoms with Crippen molar-refractivity contribution in [1.29, 1.82) is 0 Å². The molecule has 9 aromatic carbocycles. The highest BCUT2D eigenvalue weighted by Crippen LogP contribution is 2.42. The zero-order valence-electron chi connectivity index (χ0n) is 35.3. The van der Waals surface area contributed by atoms with Gasteiger partial charge in [-0.3, -0.25) is 4.57 Å². The molecule has 5 heteroatoms. The Morgan fingerprint density at radius 3 is 1.91 bits per heavy atom. The lowest BCUT2D eigenvalue weighted by Gasteiger charge is -2.18. The molecule has 0 fully saturated rings. The van der Waals surface area contributed by atoms with Gasteiger partial charge in [0.05, 0.1) is 33.3 Å². The normalized spacial score (nSPS) is 13.9. The van der Waals surface area contributed by atoms with E-state index in [2.05, 4.69) is 220 Å². The molecule has 0 amide bonds. The van der Waals surface area contributed by atoms with Gasteiger partial charge in [0.1, 0.15) is 0 Å². The molecule has 0 radical (unpaired) electrons. The quantitative estimate of drug-likeness (QED) is 0.188. The van der Waals surface area contributed by atoms with Crippen molar-refractivity contribution in [3.63, 3.8) is 0 Å². The minimum absolute atomic E-state index is 0.248. The fourth-order valence-corrected chi connectivity index (χ4v) is 10.8. The van der Waals surface area contributed by atoms with E-state index in [1.807, 2.05) is 6.07 Å². The third kappa shape index (κ3) is 5.52. The number of para-hydroxylation sites is 3. The zero-order valence-corrected chi connectivity index (χ0v) is 35.3. The zero-order chi connectivity index (χ0) is 42.6. The molecule has 0 saturated carbocycles. The number of benzene rings is 9. The first kappa shape index (κ1) is 36.0. The van der Waals surface area contributed by atoms with Gasteiger partial charge in [0.2, 0.25) is 5.95 Å². The number of fused-ring (bicyclic) bond motifs is 12. The first-order chi connectivity index (χ1) is 32.2. The maximum Gasteiger partial charge on any atom is 0.235 e. The van der Waals surface area contributed by atoms with Crippen molar-refractivity contribution < 1.29 is 0 Å². The van der Waals surface area contributed by atoms with Crippen LogP contribution in [0.2, 0.25) is 0 Å². The number of aromatic nitrogens is 5. The second-order valence-corrected chi connectivity index (χ2v) is 17.4.